The molecule has 0 aliphatic carbocycles. The van der Waals surface area contributed by atoms with Gasteiger partial charge in [-0.2, -0.15) is 4.99 Å². The zero-order valence-corrected chi connectivity index (χ0v) is 20.2. The molecule has 2 aromatic carbocycles. The highest BCUT2D eigenvalue weighted by atomic mass is 19.1. The van der Waals surface area contributed by atoms with Gasteiger partial charge in [-0.15, -0.1) is 0 Å². The van der Waals surface area contributed by atoms with Crippen LogP contribution in [0.1, 0.15) is 32.2 Å². The number of hydrazine groups is 1. The third-order valence-electron chi connectivity index (χ3n) is 5.28. The number of aryl methyl sites for hydroxylation is 2. The lowest BCUT2D eigenvalue weighted by Gasteiger charge is -2.09. The van der Waals surface area contributed by atoms with Crippen molar-refractivity contribution in [3.05, 3.63) is 94.9 Å². The summed E-state index contributed by atoms with van der Waals surface area (Å²) in [7, 11) is 0. The van der Waals surface area contributed by atoms with Crippen molar-refractivity contribution < 1.29 is 27.2 Å². The molecule has 0 saturated heterocycles. The minimum atomic E-state index is -0.859. The number of nitrogens with two attached hydrogens (primary N) is 1. The molecule has 0 aliphatic rings. The third-order valence-corrected chi connectivity index (χ3v) is 5.28. The van der Waals surface area contributed by atoms with Crippen molar-refractivity contribution in [2.45, 2.75) is 13.8 Å². The largest absolute Gasteiger partial charge is 0.451 e. The fourth-order valence-electron chi connectivity index (χ4n) is 3.42. The predicted molar refractivity (Wildman–Crippen MR) is 135 cm³/mol. The molecule has 2 amide bonds. The first-order valence-electron chi connectivity index (χ1n) is 11.1. The summed E-state index contributed by atoms with van der Waals surface area (Å²) in [5.41, 5.74) is 12.4. The van der Waals surface area contributed by atoms with Crippen LogP contribution in [0, 0.1) is 30.9 Å². The number of carbonyl (C=O) groups excluding carboxylic acids is 2. The van der Waals surface area contributed by atoms with E-state index in [0.29, 0.717) is 5.56 Å². The van der Waals surface area contributed by atoms with Gasteiger partial charge in [-0.05, 0) is 67.9 Å². The van der Waals surface area contributed by atoms with Gasteiger partial charge in [0.2, 0.25) is 11.9 Å². The standard InChI is InChI=1S/C26H22F2N6O4/c1-13-3-6-18(28)17(11-13)20-8-10-22(38-20)24(36)32-26(30)34-33-25(29)31-23(35)21-9-7-19(37-21)16-12-15(27)5-4-14(16)2/h3-12H,1-2H3,(H3,29,31,33,35)(H3,30,32,34,36). The molecule has 0 aliphatic heterocycles. The molecule has 194 valence electrons. The Labute approximate surface area is 215 Å². The zero-order chi connectivity index (χ0) is 27.4. The Hall–Kier alpha value is -5.26. The van der Waals surface area contributed by atoms with E-state index < -0.39 is 35.4 Å². The van der Waals surface area contributed by atoms with Crippen molar-refractivity contribution in [3.63, 3.8) is 0 Å². The zero-order valence-electron chi connectivity index (χ0n) is 20.2. The summed E-state index contributed by atoms with van der Waals surface area (Å²) in [5, 5.41) is 10.0. The van der Waals surface area contributed by atoms with E-state index in [1.807, 2.05) is 0 Å². The van der Waals surface area contributed by atoms with E-state index >= 15 is 0 Å². The van der Waals surface area contributed by atoms with Crippen LogP contribution in [0.25, 0.3) is 22.6 Å². The molecule has 0 unspecified atom stereocenters. The lowest BCUT2D eigenvalue weighted by molar-refractivity contribution is 0.0946. The third kappa shape index (κ3) is 5.93. The van der Waals surface area contributed by atoms with E-state index in [9.17, 15) is 18.4 Å². The Balaban J connectivity index is 1.32. The normalized spacial score (nSPS) is 11.2. The molecule has 2 heterocycles. The van der Waals surface area contributed by atoms with E-state index in [1.165, 1.54) is 42.5 Å². The number of carbonyl (C=O) groups is 2. The SMILES string of the molecule is Cc1ccc(F)c(-c2ccc(C(=O)N=C(N)NNC(=N)NC(=O)c3ccc(-c4cc(F)ccc4C)o3)o2)c1. The van der Waals surface area contributed by atoms with Crippen LogP contribution in [0.2, 0.25) is 0 Å². The van der Waals surface area contributed by atoms with Crippen LogP contribution >= 0.6 is 0 Å². The maximum absolute atomic E-state index is 14.1. The van der Waals surface area contributed by atoms with Crippen LogP contribution in [0.5, 0.6) is 0 Å². The number of benzene rings is 2. The number of furan rings is 2. The number of guanidine groups is 2. The van der Waals surface area contributed by atoms with Crippen molar-refractivity contribution in [3.8, 4) is 22.6 Å². The molecule has 12 heteroatoms. The maximum atomic E-state index is 14.1. The minimum Gasteiger partial charge on any atom is -0.451 e. The number of halogens is 2. The lowest BCUT2D eigenvalue weighted by Crippen LogP contribution is -2.51. The Morgan fingerprint density at radius 3 is 2.32 bits per heavy atom. The quantitative estimate of drug-likeness (QED) is 0.154. The average molecular weight is 520 g/mol. The number of rotatable bonds is 4. The predicted octanol–water partition coefficient (Wildman–Crippen LogP) is 4.02. The molecule has 0 fully saturated rings. The fourth-order valence-corrected chi connectivity index (χ4v) is 3.42. The highest BCUT2D eigenvalue weighted by Crippen LogP contribution is 2.27. The van der Waals surface area contributed by atoms with E-state index in [4.69, 9.17) is 20.0 Å². The second-order valence-electron chi connectivity index (χ2n) is 8.15. The Bertz CT molecular complexity index is 1570. The van der Waals surface area contributed by atoms with E-state index in [1.54, 1.807) is 32.0 Å². The summed E-state index contributed by atoms with van der Waals surface area (Å²) in [4.78, 5) is 28.3. The summed E-state index contributed by atoms with van der Waals surface area (Å²) in [5.74, 6) is -3.42. The summed E-state index contributed by atoms with van der Waals surface area (Å²) < 4.78 is 38.6. The van der Waals surface area contributed by atoms with Crippen LogP contribution in [-0.4, -0.2) is 23.7 Å². The van der Waals surface area contributed by atoms with Gasteiger partial charge in [0, 0.05) is 5.56 Å². The molecule has 4 aromatic rings. The van der Waals surface area contributed by atoms with Crippen LogP contribution in [0.3, 0.4) is 0 Å². The molecule has 0 atom stereocenters. The Kier molecular flexibility index (Phi) is 7.33. The molecular formula is C26H22F2N6O4. The van der Waals surface area contributed by atoms with Crippen molar-refractivity contribution >= 4 is 23.7 Å². The van der Waals surface area contributed by atoms with Crippen LogP contribution in [0.15, 0.2) is 74.5 Å². The smallest absolute Gasteiger partial charge is 0.315 e. The number of hydrogen-bond acceptors (Lipinski definition) is 5. The van der Waals surface area contributed by atoms with Gasteiger partial charge < -0.3 is 14.6 Å². The van der Waals surface area contributed by atoms with Crippen molar-refractivity contribution in [2.75, 3.05) is 0 Å². The summed E-state index contributed by atoms with van der Waals surface area (Å²) >= 11 is 0. The summed E-state index contributed by atoms with van der Waals surface area (Å²) in [6, 6.07) is 14.3. The van der Waals surface area contributed by atoms with Crippen LogP contribution in [0.4, 0.5) is 8.78 Å². The molecular weight excluding hydrogens is 498 g/mol. The molecule has 0 saturated carbocycles. The van der Waals surface area contributed by atoms with Gasteiger partial charge in [0.05, 0.1) is 5.56 Å². The molecule has 0 radical (unpaired) electrons. The van der Waals surface area contributed by atoms with Gasteiger partial charge in [-0.3, -0.25) is 31.2 Å². The molecule has 0 bridgehead atoms. The molecule has 38 heavy (non-hydrogen) atoms. The number of nitrogens with one attached hydrogen (secondary N) is 4. The highest BCUT2D eigenvalue weighted by molar-refractivity contribution is 6.04. The van der Waals surface area contributed by atoms with E-state index in [0.717, 1.165) is 11.1 Å². The van der Waals surface area contributed by atoms with Gasteiger partial charge in [0.15, 0.2) is 11.5 Å². The highest BCUT2D eigenvalue weighted by Gasteiger charge is 2.17. The summed E-state index contributed by atoms with van der Waals surface area (Å²) in [6.07, 6.45) is 0. The first kappa shape index (κ1) is 25.8. The maximum Gasteiger partial charge on any atom is 0.315 e. The first-order chi connectivity index (χ1) is 18.1. The first-order valence-corrected chi connectivity index (χ1v) is 11.1. The Morgan fingerprint density at radius 1 is 0.868 bits per heavy atom. The molecule has 2 aromatic heterocycles. The number of nitrogens with zero attached hydrogens (tertiary/aromatic N) is 1. The molecule has 0 spiro atoms. The van der Waals surface area contributed by atoms with Gasteiger partial charge in [0.1, 0.15) is 23.2 Å². The molecule has 6 N–H and O–H groups in total. The number of hydrogen-bond donors (Lipinski definition) is 5. The van der Waals surface area contributed by atoms with Crippen molar-refractivity contribution in [2.24, 2.45) is 10.7 Å². The van der Waals surface area contributed by atoms with Gasteiger partial charge in [-0.1, -0.05) is 17.7 Å². The topological polar surface area (TPSA) is 159 Å². The fraction of sp³-hybridized carbons (Fsp3) is 0.0769. The monoisotopic (exact) mass is 520 g/mol. The van der Waals surface area contributed by atoms with Crippen molar-refractivity contribution in [1.82, 2.24) is 16.2 Å². The van der Waals surface area contributed by atoms with Crippen LogP contribution in [-0.2, 0) is 0 Å². The summed E-state index contributed by atoms with van der Waals surface area (Å²) in [6.45, 7) is 3.56. The van der Waals surface area contributed by atoms with Gasteiger partial charge >= 0.3 is 5.91 Å². The van der Waals surface area contributed by atoms with E-state index in [2.05, 4.69) is 21.2 Å². The number of aliphatic imine (C=N–C) groups is 1. The van der Waals surface area contributed by atoms with E-state index in [-0.39, 0.29) is 28.6 Å². The number of amides is 2. The Morgan fingerprint density at radius 2 is 1.55 bits per heavy atom. The molecule has 10 nitrogen and oxygen atoms in total. The second kappa shape index (κ2) is 10.8. The lowest BCUT2D eigenvalue weighted by atomic mass is 10.1. The average Bonchev–Trinajstić information content (AvgIpc) is 3.56. The van der Waals surface area contributed by atoms with Crippen molar-refractivity contribution in [1.29, 1.82) is 5.41 Å². The van der Waals surface area contributed by atoms with Gasteiger partial charge in [-0.25, -0.2) is 8.78 Å². The molecule has 4 rings (SSSR count). The second-order valence-corrected chi connectivity index (χ2v) is 8.15. The van der Waals surface area contributed by atoms with Gasteiger partial charge in [0.25, 0.3) is 5.91 Å². The minimum absolute atomic E-state index is 0.120. The van der Waals surface area contributed by atoms with Crippen LogP contribution < -0.4 is 21.9 Å².